The number of amides is 2. The molecule has 0 aromatic heterocycles. The highest BCUT2D eigenvalue weighted by molar-refractivity contribution is 5.87. The van der Waals surface area contributed by atoms with Gasteiger partial charge >= 0.3 is 12.2 Å². The zero-order chi connectivity index (χ0) is 9.40. The molecule has 0 spiro atoms. The van der Waals surface area contributed by atoms with E-state index in [9.17, 15) is 9.59 Å². The van der Waals surface area contributed by atoms with Crippen LogP contribution in [0.5, 0.6) is 0 Å². The predicted octanol–water partition coefficient (Wildman–Crippen LogP) is 1.28. The second-order valence-corrected chi connectivity index (χ2v) is 1.98. The number of alkyl carbamates (subject to hydrolysis) is 2. The third-order valence-corrected chi connectivity index (χ3v) is 0.917. The molecule has 2 amide bonds. The molecule has 5 heteroatoms. The molecule has 0 radical (unpaired) electrons. The highest BCUT2D eigenvalue weighted by atomic mass is 16.6. The van der Waals surface area contributed by atoms with E-state index >= 15 is 0 Å². The van der Waals surface area contributed by atoms with Crippen molar-refractivity contribution >= 4 is 12.2 Å². The highest BCUT2D eigenvalue weighted by Crippen LogP contribution is 1.83. The van der Waals surface area contributed by atoms with Gasteiger partial charge in [-0.15, -0.1) is 0 Å². The van der Waals surface area contributed by atoms with Crippen LogP contribution in [0.15, 0.2) is 0 Å². The summed E-state index contributed by atoms with van der Waals surface area (Å²) in [6.07, 6.45) is -0.829. The Morgan fingerprint density at radius 2 is 1.75 bits per heavy atom. The zero-order valence-corrected chi connectivity index (χ0v) is 7.25. The van der Waals surface area contributed by atoms with Gasteiger partial charge in [0, 0.05) is 0 Å². The lowest BCUT2D eigenvalue weighted by Crippen LogP contribution is -2.31. The number of hydrogen-bond acceptors (Lipinski definition) is 4. The van der Waals surface area contributed by atoms with Crippen molar-refractivity contribution in [3.63, 3.8) is 0 Å². The number of carbonyl (C=O) groups is 2. The Balaban J connectivity index is 3.47. The maximum absolute atomic E-state index is 10.7. The van der Waals surface area contributed by atoms with Crippen molar-refractivity contribution in [1.29, 1.82) is 0 Å². The average molecular weight is 175 g/mol. The van der Waals surface area contributed by atoms with E-state index in [0.717, 1.165) is 6.42 Å². The van der Waals surface area contributed by atoms with Crippen molar-refractivity contribution in [3.8, 4) is 0 Å². The molecule has 0 atom stereocenters. The SMILES string of the molecule is CCCOC(=O)NC(=O)OCC. The fraction of sp³-hybridized carbons (Fsp3) is 0.714. The molecule has 0 rings (SSSR count). The third-order valence-electron chi connectivity index (χ3n) is 0.917. The minimum Gasteiger partial charge on any atom is -0.449 e. The Labute approximate surface area is 71.0 Å². The Morgan fingerprint density at radius 3 is 2.25 bits per heavy atom. The molecule has 1 N–H and O–H groups in total. The molecule has 0 aromatic rings. The van der Waals surface area contributed by atoms with Crippen LogP contribution in [-0.4, -0.2) is 25.4 Å². The van der Waals surface area contributed by atoms with E-state index in [-0.39, 0.29) is 6.61 Å². The monoisotopic (exact) mass is 175 g/mol. The minimum absolute atomic E-state index is 0.229. The van der Waals surface area contributed by atoms with Crippen LogP contribution in [0, 0.1) is 0 Å². The molecule has 5 nitrogen and oxygen atoms in total. The fourth-order valence-electron chi connectivity index (χ4n) is 0.481. The van der Waals surface area contributed by atoms with Gasteiger partial charge in [-0.1, -0.05) is 6.92 Å². The number of nitrogens with one attached hydrogen (secondary N) is 1. The summed E-state index contributed by atoms with van der Waals surface area (Å²) in [5.74, 6) is 0. The Hall–Kier alpha value is -1.26. The number of hydrogen-bond donors (Lipinski definition) is 1. The van der Waals surface area contributed by atoms with Crippen molar-refractivity contribution in [3.05, 3.63) is 0 Å². The van der Waals surface area contributed by atoms with Gasteiger partial charge in [-0.05, 0) is 13.3 Å². The molecule has 0 heterocycles. The zero-order valence-electron chi connectivity index (χ0n) is 7.25. The smallest absolute Gasteiger partial charge is 0.416 e. The molecule has 12 heavy (non-hydrogen) atoms. The molecule has 0 aliphatic carbocycles. The average Bonchev–Trinajstić information content (AvgIpc) is 2.01. The van der Waals surface area contributed by atoms with Crippen LogP contribution in [0.1, 0.15) is 20.3 Å². The van der Waals surface area contributed by atoms with Crippen LogP contribution in [0.2, 0.25) is 0 Å². The van der Waals surface area contributed by atoms with E-state index in [2.05, 4.69) is 9.47 Å². The summed E-state index contributed by atoms with van der Waals surface area (Å²) in [5, 5.41) is 1.89. The maximum Gasteiger partial charge on any atom is 0.416 e. The molecular formula is C7H13NO4. The van der Waals surface area contributed by atoms with Gasteiger partial charge in [0.05, 0.1) is 13.2 Å². The molecular weight excluding hydrogens is 162 g/mol. The van der Waals surface area contributed by atoms with Crippen LogP contribution >= 0.6 is 0 Å². The van der Waals surface area contributed by atoms with E-state index in [1.54, 1.807) is 6.92 Å². The first-order chi connectivity index (χ1) is 5.70. The predicted molar refractivity (Wildman–Crippen MR) is 41.8 cm³/mol. The first-order valence-electron chi connectivity index (χ1n) is 3.81. The Bertz CT molecular complexity index is 157. The summed E-state index contributed by atoms with van der Waals surface area (Å²) >= 11 is 0. The lowest BCUT2D eigenvalue weighted by Gasteiger charge is -2.03. The van der Waals surface area contributed by atoms with E-state index < -0.39 is 12.2 Å². The van der Waals surface area contributed by atoms with Crippen molar-refractivity contribution < 1.29 is 19.1 Å². The Kier molecular flexibility index (Phi) is 5.77. The van der Waals surface area contributed by atoms with Gasteiger partial charge in [-0.25, -0.2) is 14.9 Å². The summed E-state index contributed by atoms with van der Waals surface area (Å²) in [7, 11) is 0. The molecule has 0 aliphatic heterocycles. The first kappa shape index (κ1) is 10.7. The molecule has 0 aliphatic rings. The fourth-order valence-corrected chi connectivity index (χ4v) is 0.481. The van der Waals surface area contributed by atoms with Crippen LogP contribution in [0.4, 0.5) is 9.59 Å². The van der Waals surface area contributed by atoms with Gasteiger partial charge in [-0.2, -0.15) is 0 Å². The van der Waals surface area contributed by atoms with Crippen LogP contribution in [-0.2, 0) is 9.47 Å². The summed E-state index contributed by atoms with van der Waals surface area (Å²) in [5.41, 5.74) is 0. The normalized spacial score (nSPS) is 8.83. The van der Waals surface area contributed by atoms with E-state index in [1.165, 1.54) is 0 Å². The number of imide groups is 1. The summed E-state index contributed by atoms with van der Waals surface area (Å²) in [6, 6.07) is 0. The van der Waals surface area contributed by atoms with Gasteiger partial charge < -0.3 is 9.47 Å². The summed E-state index contributed by atoms with van der Waals surface area (Å²) < 4.78 is 9.00. The van der Waals surface area contributed by atoms with Gasteiger partial charge in [0.15, 0.2) is 0 Å². The molecule has 0 aromatic carbocycles. The maximum atomic E-state index is 10.7. The standard InChI is InChI=1S/C7H13NO4/c1-3-5-12-7(10)8-6(9)11-4-2/h3-5H2,1-2H3,(H,8,9,10). The molecule has 0 fully saturated rings. The minimum atomic E-state index is -0.779. The van der Waals surface area contributed by atoms with Crippen molar-refractivity contribution in [2.75, 3.05) is 13.2 Å². The summed E-state index contributed by atoms with van der Waals surface area (Å²) in [4.78, 5) is 21.2. The molecule has 70 valence electrons. The lowest BCUT2D eigenvalue weighted by atomic mass is 10.5. The van der Waals surface area contributed by atoms with Gasteiger partial charge in [-0.3, -0.25) is 0 Å². The van der Waals surface area contributed by atoms with E-state index in [0.29, 0.717) is 6.61 Å². The van der Waals surface area contributed by atoms with Gasteiger partial charge in [0.25, 0.3) is 0 Å². The summed E-state index contributed by atoms with van der Waals surface area (Å²) in [6.45, 7) is 4.03. The first-order valence-corrected chi connectivity index (χ1v) is 3.81. The molecule has 0 unspecified atom stereocenters. The van der Waals surface area contributed by atoms with Crippen molar-refractivity contribution in [2.45, 2.75) is 20.3 Å². The molecule has 0 saturated carbocycles. The number of rotatable bonds is 3. The number of carbonyl (C=O) groups excluding carboxylic acids is 2. The molecule has 0 bridgehead atoms. The van der Waals surface area contributed by atoms with Gasteiger partial charge in [0.1, 0.15) is 0 Å². The second kappa shape index (κ2) is 6.45. The van der Waals surface area contributed by atoms with Crippen molar-refractivity contribution in [2.24, 2.45) is 0 Å². The van der Waals surface area contributed by atoms with E-state index in [4.69, 9.17) is 0 Å². The van der Waals surface area contributed by atoms with Crippen LogP contribution in [0.3, 0.4) is 0 Å². The van der Waals surface area contributed by atoms with Crippen molar-refractivity contribution in [1.82, 2.24) is 5.32 Å². The number of ether oxygens (including phenoxy) is 2. The Morgan fingerprint density at radius 1 is 1.17 bits per heavy atom. The molecule has 0 saturated heterocycles. The quantitative estimate of drug-likeness (QED) is 0.701. The van der Waals surface area contributed by atoms with Crippen LogP contribution in [0.25, 0.3) is 0 Å². The van der Waals surface area contributed by atoms with E-state index in [1.807, 2.05) is 12.2 Å². The topological polar surface area (TPSA) is 64.6 Å². The second-order valence-electron chi connectivity index (χ2n) is 1.98. The van der Waals surface area contributed by atoms with Gasteiger partial charge in [0.2, 0.25) is 0 Å². The highest BCUT2D eigenvalue weighted by Gasteiger charge is 2.07. The largest absolute Gasteiger partial charge is 0.449 e. The lowest BCUT2D eigenvalue weighted by molar-refractivity contribution is 0.127. The van der Waals surface area contributed by atoms with Crippen LogP contribution < -0.4 is 5.32 Å². The third kappa shape index (κ3) is 5.52.